The van der Waals surface area contributed by atoms with E-state index in [0.717, 1.165) is 0 Å². The zero-order valence-corrected chi connectivity index (χ0v) is 12.5. The largest absolute Gasteiger partial charge is 0.418 e. The molecule has 1 aliphatic rings. The first-order valence-electron chi connectivity index (χ1n) is 6.12. The number of benzene rings is 1. The molecule has 0 amide bonds. The molecule has 134 valence electrons. The fourth-order valence-corrected chi connectivity index (χ4v) is 2.36. The maximum absolute atomic E-state index is 14.1. The Labute approximate surface area is 140 Å². The van der Waals surface area contributed by atoms with Gasteiger partial charge < -0.3 is 5.73 Å². The Morgan fingerprint density at radius 2 is 1.88 bits per heavy atom. The van der Waals surface area contributed by atoms with Crippen LogP contribution in [0, 0.1) is 20.2 Å². The van der Waals surface area contributed by atoms with Crippen molar-refractivity contribution < 1.29 is 27.4 Å². The highest BCUT2D eigenvalue weighted by Crippen LogP contribution is 2.49. The molecule has 0 fully saturated rings. The van der Waals surface area contributed by atoms with E-state index in [1.165, 1.54) is 0 Å². The number of anilines is 1. The van der Waals surface area contributed by atoms with E-state index in [2.05, 4.69) is 4.99 Å². The number of aliphatic imine (C=N–C) groups is 1. The Kier molecular flexibility index (Phi) is 4.53. The van der Waals surface area contributed by atoms with Crippen LogP contribution in [-0.2, 0) is 6.18 Å². The van der Waals surface area contributed by atoms with Gasteiger partial charge in [0.1, 0.15) is 17.5 Å². The number of rotatable bonds is 3. The van der Waals surface area contributed by atoms with E-state index in [4.69, 9.17) is 17.3 Å². The van der Waals surface area contributed by atoms with Gasteiger partial charge in [-0.1, -0.05) is 11.6 Å². The summed E-state index contributed by atoms with van der Waals surface area (Å²) in [5.74, 6) is -1.59. The molecular weight excluding hydrogens is 378 g/mol. The molecule has 0 saturated heterocycles. The van der Waals surface area contributed by atoms with Crippen molar-refractivity contribution in [2.24, 2.45) is 10.7 Å². The molecule has 0 radical (unpaired) electrons. The number of alkyl halides is 3. The molecule has 0 aliphatic carbocycles. The summed E-state index contributed by atoms with van der Waals surface area (Å²) < 4.78 is 53.0. The summed E-state index contributed by atoms with van der Waals surface area (Å²) in [5, 5.41) is 20.9. The van der Waals surface area contributed by atoms with Crippen LogP contribution in [0.25, 0.3) is 0 Å². The maximum atomic E-state index is 14.1. The van der Waals surface area contributed by atoms with Crippen molar-refractivity contribution in [3.8, 4) is 0 Å². The lowest BCUT2D eigenvalue weighted by Crippen LogP contribution is -2.29. The van der Waals surface area contributed by atoms with Gasteiger partial charge in [0.25, 0.3) is 0 Å². The molecule has 1 aliphatic heterocycles. The first kappa shape index (κ1) is 18.4. The molecule has 25 heavy (non-hydrogen) atoms. The molecule has 0 spiro atoms. The zero-order valence-electron chi connectivity index (χ0n) is 11.8. The van der Waals surface area contributed by atoms with Gasteiger partial charge in [-0.2, -0.15) is 17.6 Å². The average Bonchev–Trinajstić information content (AvgIpc) is 2.44. The van der Waals surface area contributed by atoms with Gasteiger partial charge in [0, 0.05) is 12.1 Å². The number of nitrogens with zero attached hydrogens (tertiary/aromatic N) is 4. The van der Waals surface area contributed by atoms with Crippen molar-refractivity contribution in [2.75, 3.05) is 11.6 Å². The van der Waals surface area contributed by atoms with Crippen LogP contribution in [-0.4, -0.2) is 22.4 Å². The second-order valence-corrected chi connectivity index (χ2v) is 4.96. The summed E-state index contributed by atoms with van der Waals surface area (Å²) in [5.41, 5.74) is -0.454. The molecule has 0 atom stereocenters. The molecule has 2 N–H and O–H groups in total. The molecule has 9 nitrogen and oxygen atoms in total. The second-order valence-electron chi connectivity index (χ2n) is 4.59. The Hall–Kier alpha value is -2.96. The molecule has 2 rings (SSSR count). The Bertz CT molecular complexity index is 839. The third-order valence-corrected chi connectivity index (χ3v) is 3.45. The Morgan fingerprint density at radius 1 is 1.28 bits per heavy atom. The van der Waals surface area contributed by atoms with E-state index in [9.17, 15) is 37.8 Å². The van der Waals surface area contributed by atoms with E-state index >= 15 is 0 Å². The van der Waals surface area contributed by atoms with Crippen LogP contribution >= 0.6 is 11.6 Å². The summed E-state index contributed by atoms with van der Waals surface area (Å²) >= 11 is 5.45. The number of halogens is 5. The lowest BCUT2D eigenvalue weighted by atomic mass is 10.1. The Morgan fingerprint density at radius 3 is 2.32 bits per heavy atom. The zero-order chi connectivity index (χ0) is 19.1. The molecule has 0 bridgehead atoms. The van der Waals surface area contributed by atoms with Gasteiger partial charge in [0.15, 0.2) is 5.95 Å². The van der Waals surface area contributed by atoms with E-state index in [0.29, 0.717) is 11.0 Å². The van der Waals surface area contributed by atoms with Gasteiger partial charge in [0.05, 0.1) is 15.4 Å². The van der Waals surface area contributed by atoms with Crippen LogP contribution < -0.4 is 10.6 Å². The second kappa shape index (κ2) is 6.16. The van der Waals surface area contributed by atoms with Crippen LogP contribution in [0.4, 0.5) is 34.6 Å². The molecular formula is C11H6ClF4N5O4. The summed E-state index contributed by atoms with van der Waals surface area (Å²) in [6, 6.07) is -0.000373. The fraction of sp³-hybridized carbons (Fsp3) is 0.182. The monoisotopic (exact) mass is 383 g/mol. The van der Waals surface area contributed by atoms with E-state index in [1.54, 1.807) is 0 Å². The van der Waals surface area contributed by atoms with Crippen LogP contribution in [0.3, 0.4) is 0 Å². The number of nitrogens with two attached hydrogens (primary N) is 1. The maximum Gasteiger partial charge on any atom is 0.418 e. The molecule has 0 aromatic heterocycles. The summed E-state index contributed by atoms with van der Waals surface area (Å²) in [6.07, 6.45) is -4.60. The molecule has 1 aromatic rings. The van der Waals surface area contributed by atoms with Crippen molar-refractivity contribution >= 4 is 34.5 Å². The Balaban J connectivity index is 2.87. The number of hydrogen-bond donors (Lipinski definition) is 1. The van der Waals surface area contributed by atoms with Crippen LogP contribution in [0.2, 0.25) is 5.02 Å². The molecule has 14 heteroatoms. The van der Waals surface area contributed by atoms with Crippen LogP contribution in [0.15, 0.2) is 23.1 Å². The smallest absolute Gasteiger partial charge is 0.384 e. The average molecular weight is 384 g/mol. The van der Waals surface area contributed by atoms with Crippen LogP contribution in [0.1, 0.15) is 5.56 Å². The topological polar surface area (TPSA) is 128 Å². The summed E-state index contributed by atoms with van der Waals surface area (Å²) in [4.78, 5) is 23.5. The molecule has 0 unspecified atom stereocenters. The van der Waals surface area contributed by atoms with Gasteiger partial charge in [-0.3, -0.25) is 25.1 Å². The van der Waals surface area contributed by atoms with Gasteiger partial charge in [-0.15, -0.1) is 0 Å². The van der Waals surface area contributed by atoms with Crippen molar-refractivity contribution in [3.63, 3.8) is 0 Å². The number of nitro groups is 2. The highest BCUT2D eigenvalue weighted by Gasteiger charge is 2.44. The minimum atomic E-state index is -5.20. The standard InChI is InChI=1S/C11H6ClF4N5O4/c12-8-4(11(14,15)16)1-5(20(22)23)9(10(8)21(24)25)19-3-18-7(17)2-6(19)13/h1-2H,3H2,(H2,17,18). The number of amidine groups is 1. The highest BCUT2D eigenvalue weighted by molar-refractivity contribution is 6.34. The molecule has 0 saturated carbocycles. The minimum absolute atomic E-state index is 0.000373. The van der Waals surface area contributed by atoms with Crippen LogP contribution in [0.5, 0.6) is 0 Å². The quantitative estimate of drug-likeness (QED) is 0.369. The third-order valence-electron chi connectivity index (χ3n) is 3.07. The van der Waals surface area contributed by atoms with Crippen molar-refractivity contribution in [3.05, 3.63) is 48.9 Å². The van der Waals surface area contributed by atoms with Gasteiger partial charge in [-0.25, -0.2) is 4.99 Å². The third kappa shape index (κ3) is 3.31. The normalized spacial score (nSPS) is 14.8. The van der Waals surface area contributed by atoms with E-state index in [1.807, 2.05) is 0 Å². The first-order chi connectivity index (χ1) is 11.4. The fourth-order valence-electron chi connectivity index (χ4n) is 2.04. The van der Waals surface area contributed by atoms with Gasteiger partial charge in [0.2, 0.25) is 5.69 Å². The van der Waals surface area contributed by atoms with Crippen molar-refractivity contribution in [1.29, 1.82) is 0 Å². The summed E-state index contributed by atoms with van der Waals surface area (Å²) in [6.45, 7) is -0.725. The lowest BCUT2D eigenvalue weighted by molar-refractivity contribution is -0.392. The highest BCUT2D eigenvalue weighted by atomic mass is 35.5. The number of nitro benzene ring substituents is 2. The lowest BCUT2D eigenvalue weighted by Gasteiger charge is -2.24. The predicted molar refractivity (Wildman–Crippen MR) is 77.9 cm³/mol. The SMILES string of the molecule is NC1=NCN(c2c([N+](=O)[O-])cc(C(F)(F)F)c(Cl)c2[N+](=O)[O-])C(F)=C1. The van der Waals surface area contributed by atoms with E-state index in [-0.39, 0.29) is 11.9 Å². The predicted octanol–water partition coefficient (Wildman–Crippen LogP) is 3.12. The van der Waals surface area contributed by atoms with Crippen molar-refractivity contribution in [2.45, 2.75) is 6.18 Å². The molecule has 1 aromatic carbocycles. The van der Waals surface area contributed by atoms with E-state index < -0.39 is 56.3 Å². The van der Waals surface area contributed by atoms with Gasteiger partial charge >= 0.3 is 17.6 Å². The molecule has 1 heterocycles. The van der Waals surface area contributed by atoms with Gasteiger partial charge in [-0.05, 0) is 0 Å². The number of hydrogen-bond acceptors (Lipinski definition) is 7. The minimum Gasteiger partial charge on any atom is -0.384 e. The summed E-state index contributed by atoms with van der Waals surface area (Å²) in [7, 11) is 0. The first-order valence-corrected chi connectivity index (χ1v) is 6.50. The van der Waals surface area contributed by atoms with Crippen molar-refractivity contribution in [1.82, 2.24) is 0 Å².